The molecule has 0 atom stereocenters. The maximum atomic E-state index is 12.0. The lowest BCUT2D eigenvalue weighted by Crippen LogP contribution is -2.07. The minimum Gasteiger partial charge on any atom is -0.462 e. The first-order chi connectivity index (χ1) is 8.63. The molecule has 0 saturated carbocycles. The van der Waals surface area contributed by atoms with Gasteiger partial charge in [0, 0.05) is 10.1 Å². The molecule has 0 bridgehead atoms. The fourth-order valence-electron chi connectivity index (χ4n) is 1.82. The molecule has 1 aromatic carbocycles. The van der Waals surface area contributed by atoms with Crippen LogP contribution in [0.4, 0.5) is 5.00 Å². The zero-order valence-corrected chi connectivity index (χ0v) is 11.5. The summed E-state index contributed by atoms with van der Waals surface area (Å²) in [4.78, 5) is 12.0. The van der Waals surface area contributed by atoms with E-state index in [9.17, 15) is 4.79 Å². The van der Waals surface area contributed by atoms with Crippen LogP contribution in [0.15, 0.2) is 18.2 Å². The van der Waals surface area contributed by atoms with Gasteiger partial charge in [0.1, 0.15) is 10.6 Å². The van der Waals surface area contributed by atoms with E-state index >= 15 is 0 Å². The average Bonchev–Trinajstić information content (AvgIpc) is 2.64. The van der Waals surface area contributed by atoms with Gasteiger partial charge in [-0.25, -0.2) is 4.79 Å². The van der Waals surface area contributed by atoms with Crippen LogP contribution in [-0.2, 0) is 4.74 Å². The first-order valence-electron chi connectivity index (χ1n) is 6.09. The van der Waals surface area contributed by atoms with E-state index in [4.69, 9.17) is 10.5 Å². The van der Waals surface area contributed by atoms with Gasteiger partial charge in [0.05, 0.1) is 6.61 Å². The van der Waals surface area contributed by atoms with Crippen molar-refractivity contribution in [2.24, 2.45) is 0 Å². The van der Waals surface area contributed by atoms with E-state index in [1.807, 2.05) is 25.1 Å². The lowest BCUT2D eigenvalue weighted by atomic mass is 10.1. The van der Waals surface area contributed by atoms with Gasteiger partial charge in [-0.1, -0.05) is 25.0 Å². The lowest BCUT2D eigenvalue weighted by Gasteiger charge is -2.04. The number of fused-ring (bicyclic) bond motifs is 1. The molecule has 18 heavy (non-hydrogen) atoms. The van der Waals surface area contributed by atoms with Crippen LogP contribution in [-0.4, -0.2) is 12.6 Å². The van der Waals surface area contributed by atoms with Gasteiger partial charge >= 0.3 is 5.97 Å². The van der Waals surface area contributed by atoms with Crippen molar-refractivity contribution in [1.82, 2.24) is 0 Å². The molecule has 0 aliphatic carbocycles. The highest BCUT2D eigenvalue weighted by molar-refractivity contribution is 7.23. The first kappa shape index (κ1) is 12.9. The van der Waals surface area contributed by atoms with Crippen LogP contribution in [0.5, 0.6) is 0 Å². The number of nitrogen functional groups attached to an aromatic ring is 1. The summed E-state index contributed by atoms with van der Waals surface area (Å²) in [5.74, 6) is -0.308. The maximum absolute atomic E-state index is 12.0. The second-order valence-corrected chi connectivity index (χ2v) is 5.41. The van der Waals surface area contributed by atoms with Crippen molar-refractivity contribution >= 4 is 32.4 Å². The molecule has 0 unspecified atom stereocenters. The van der Waals surface area contributed by atoms with Gasteiger partial charge in [0.15, 0.2) is 0 Å². The van der Waals surface area contributed by atoms with Crippen molar-refractivity contribution in [3.05, 3.63) is 29.3 Å². The number of thiophene rings is 1. The monoisotopic (exact) mass is 263 g/mol. The molecular weight excluding hydrogens is 246 g/mol. The van der Waals surface area contributed by atoms with E-state index in [0.29, 0.717) is 17.2 Å². The molecule has 1 aromatic heterocycles. The highest BCUT2D eigenvalue weighted by Crippen LogP contribution is 2.34. The Bertz CT molecular complexity index is 574. The Kier molecular flexibility index (Phi) is 3.87. The van der Waals surface area contributed by atoms with Crippen LogP contribution in [0.3, 0.4) is 0 Å². The molecule has 4 heteroatoms. The number of esters is 1. The fourth-order valence-corrected chi connectivity index (χ4v) is 2.76. The number of carbonyl (C=O) groups excluding carboxylic acids is 1. The van der Waals surface area contributed by atoms with Gasteiger partial charge in [0.2, 0.25) is 0 Å². The number of rotatable bonds is 4. The Morgan fingerprint density at radius 3 is 2.94 bits per heavy atom. The van der Waals surface area contributed by atoms with E-state index in [1.165, 1.54) is 11.3 Å². The fraction of sp³-hybridized carbons (Fsp3) is 0.357. The minimum atomic E-state index is -0.308. The van der Waals surface area contributed by atoms with Crippen LogP contribution in [0, 0.1) is 6.92 Å². The number of anilines is 1. The van der Waals surface area contributed by atoms with E-state index < -0.39 is 0 Å². The van der Waals surface area contributed by atoms with Crippen molar-refractivity contribution in [3.63, 3.8) is 0 Å². The summed E-state index contributed by atoms with van der Waals surface area (Å²) in [7, 11) is 0. The normalized spacial score (nSPS) is 10.8. The molecule has 96 valence electrons. The Morgan fingerprint density at radius 2 is 2.22 bits per heavy atom. The molecule has 1 heterocycles. The molecule has 0 spiro atoms. The van der Waals surface area contributed by atoms with Crippen molar-refractivity contribution in [3.8, 4) is 0 Å². The summed E-state index contributed by atoms with van der Waals surface area (Å²) in [6.45, 7) is 4.52. The second-order valence-electron chi connectivity index (χ2n) is 4.33. The molecule has 0 aliphatic heterocycles. The van der Waals surface area contributed by atoms with Crippen LogP contribution >= 0.6 is 11.3 Å². The highest BCUT2D eigenvalue weighted by atomic mass is 32.1. The zero-order valence-electron chi connectivity index (χ0n) is 10.7. The molecule has 2 rings (SSSR count). The van der Waals surface area contributed by atoms with E-state index in [0.717, 1.165) is 28.5 Å². The predicted molar refractivity (Wildman–Crippen MR) is 76.2 cm³/mol. The smallest absolute Gasteiger partial charge is 0.341 e. The summed E-state index contributed by atoms with van der Waals surface area (Å²) < 4.78 is 6.27. The number of ether oxygens (including phenoxy) is 1. The number of carbonyl (C=O) groups is 1. The molecule has 0 saturated heterocycles. The highest BCUT2D eigenvalue weighted by Gasteiger charge is 2.18. The van der Waals surface area contributed by atoms with Crippen LogP contribution < -0.4 is 5.73 Å². The van der Waals surface area contributed by atoms with Gasteiger partial charge in [-0.3, -0.25) is 0 Å². The van der Waals surface area contributed by atoms with Crippen molar-refractivity contribution in [2.45, 2.75) is 26.7 Å². The van der Waals surface area contributed by atoms with E-state index in [1.54, 1.807) is 0 Å². The largest absolute Gasteiger partial charge is 0.462 e. The van der Waals surface area contributed by atoms with Gasteiger partial charge in [-0.15, -0.1) is 11.3 Å². The van der Waals surface area contributed by atoms with E-state index in [-0.39, 0.29) is 5.97 Å². The summed E-state index contributed by atoms with van der Waals surface area (Å²) >= 11 is 1.43. The average molecular weight is 263 g/mol. The summed E-state index contributed by atoms with van der Waals surface area (Å²) in [5.41, 5.74) is 7.56. The number of hydrogen-bond acceptors (Lipinski definition) is 4. The number of benzene rings is 1. The summed E-state index contributed by atoms with van der Waals surface area (Å²) in [6.07, 6.45) is 1.89. The van der Waals surface area contributed by atoms with Gasteiger partial charge in [-0.05, 0) is 25.5 Å². The van der Waals surface area contributed by atoms with Gasteiger partial charge in [-0.2, -0.15) is 0 Å². The van der Waals surface area contributed by atoms with Gasteiger partial charge < -0.3 is 10.5 Å². The molecule has 2 aromatic rings. The number of hydrogen-bond donors (Lipinski definition) is 1. The minimum absolute atomic E-state index is 0.308. The van der Waals surface area contributed by atoms with Crippen LogP contribution in [0.1, 0.15) is 35.7 Å². The summed E-state index contributed by atoms with van der Waals surface area (Å²) in [5, 5.41) is 1.44. The molecule has 0 amide bonds. The second kappa shape index (κ2) is 5.40. The van der Waals surface area contributed by atoms with Crippen LogP contribution in [0.2, 0.25) is 0 Å². The first-order valence-corrected chi connectivity index (χ1v) is 6.91. The van der Waals surface area contributed by atoms with E-state index in [2.05, 4.69) is 6.92 Å². The number of unbranched alkanes of at least 4 members (excludes halogenated alkanes) is 1. The Labute approximate surface area is 111 Å². The Morgan fingerprint density at radius 1 is 1.44 bits per heavy atom. The number of aryl methyl sites for hydroxylation is 1. The molecule has 0 aliphatic rings. The third-order valence-electron chi connectivity index (χ3n) is 2.81. The lowest BCUT2D eigenvalue weighted by molar-refractivity contribution is 0.0504. The van der Waals surface area contributed by atoms with Gasteiger partial charge in [0.25, 0.3) is 0 Å². The van der Waals surface area contributed by atoms with Crippen molar-refractivity contribution in [2.75, 3.05) is 12.3 Å². The summed E-state index contributed by atoms with van der Waals surface area (Å²) in [6, 6.07) is 6.00. The molecule has 2 N–H and O–H groups in total. The predicted octanol–water partition coefficient (Wildman–Crippen LogP) is 3.75. The Hall–Kier alpha value is -1.55. The zero-order chi connectivity index (χ0) is 13.1. The quantitative estimate of drug-likeness (QED) is 0.675. The Balaban J connectivity index is 2.34. The SMILES string of the molecule is CCCCOC(=O)c1c(N)sc2ccc(C)cc12. The number of nitrogens with two attached hydrogens (primary N) is 1. The molecule has 3 nitrogen and oxygen atoms in total. The van der Waals surface area contributed by atoms with Crippen molar-refractivity contribution in [1.29, 1.82) is 0 Å². The topological polar surface area (TPSA) is 52.3 Å². The molecule has 0 radical (unpaired) electrons. The van der Waals surface area contributed by atoms with Crippen molar-refractivity contribution < 1.29 is 9.53 Å². The molecule has 0 fully saturated rings. The van der Waals surface area contributed by atoms with Crippen LogP contribution in [0.25, 0.3) is 10.1 Å². The maximum Gasteiger partial charge on any atom is 0.341 e. The third-order valence-corrected chi connectivity index (χ3v) is 3.81. The molecular formula is C14H17NO2S. The third kappa shape index (κ3) is 2.48. The standard InChI is InChI=1S/C14H17NO2S/c1-3-4-7-17-14(16)12-10-8-9(2)5-6-11(10)18-13(12)15/h5-6,8H,3-4,7,15H2,1-2H3.